The van der Waals surface area contributed by atoms with Crippen LogP contribution < -0.4 is 4.74 Å². The lowest BCUT2D eigenvalue weighted by Gasteiger charge is -2.10. The Hall–Kier alpha value is -2.09. The van der Waals surface area contributed by atoms with E-state index in [1.54, 1.807) is 6.07 Å². The molecule has 2 nitrogen and oxygen atoms in total. The molecule has 0 aliphatic rings. The predicted molar refractivity (Wildman–Crippen MR) is 68.4 cm³/mol. The first-order valence-electron chi connectivity index (χ1n) is 5.62. The van der Waals surface area contributed by atoms with E-state index >= 15 is 0 Å². The number of carbonyl (C=O) groups excluding carboxylic acids is 1. The molecule has 0 aliphatic heterocycles. The van der Waals surface area contributed by atoms with E-state index in [1.807, 2.05) is 49.4 Å². The first-order chi connectivity index (χ1) is 8.35. The van der Waals surface area contributed by atoms with Crippen molar-refractivity contribution in [3.63, 3.8) is 0 Å². The Morgan fingerprint density at radius 1 is 1.12 bits per heavy atom. The summed E-state index contributed by atoms with van der Waals surface area (Å²) in [5.74, 6) is 0.845. The van der Waals surface area contributed by atoms with Gasteiger partial charge in [0.1, 0.15) is 12.0 Å². The van der Waals surface area contributed by atoms with E-state index < -0.39 is 0 Å². The molecule has 0 heterocycles. The van der Waals surface area contributed by atoms with Gasteiger partial charge in [-0.05, 0) is 24.6 Å². The number of benzene rings is 2. The highest BCUT2D eigenvalue weighted by molar-refractivity contribution is 5.80. The van der Waals surface area contributed by atoms with Gasteiger partial charge in [0.25, 0.3) is 0 Å². The number of hydrogen-bond acceptors (Lipinski definition) is 2. The third-order valence-corrected chi connectivity index (χ3v) is 2.52. The van der Waals surface area contributed by atoms with Gasteiger partial charge in [0.05, 0.1) is 6.61 Å². The van der Waals surface area contributed by atoms with Gasteiger partial charge in [-0.2, -0.15) is 0 Å². The molecule has 0 bridgehead atoms. The molecule has 2 rings (SSSR count). The molecule has 0 spiro atoms. The van der Waals surface area contributed by atoms with Crippen LogP contribution in [0.4, 0.5) is 0 Å². The van der Waals surface area contributed by atoms with Crippen LogP contribution in [0.3, 0.4) is 0 Å². The first kappa shape index (κ1) is 11.4. The molecule has 0 atom stereocenters. The van der Waals surface area contributed by atoms with E-state index in [4.69, 9.17) is 4.74 Å². The summed E-state index contributed by atoms with van der Waals surface area (Å²) in [5, 5.41) is 0. The van der Waals surface area contributed by atoms with Crippen LogP contribution in [0.15, 0.2) is 48.5 Å². The maximum Gasteiger partial charge on any atom is 0.150 e. The van der Waals surface area contributed by atoms with Crippen LogP contribution in [-0.4, -0.2) is 12.9 Å². The van der Waals surface area contributed by atoms with Gasteiger partial charge in [-0.1, -0.05) is 36.4 Å². The van der Waals surface area contributed by atoms with Crippen LogP contribution in [-0.2, 0) is 0 Å². The van der Waals surface area contributed by atoms with E-state index in [1.165, 1.54) is 0 Å². The van der Waals surface area contributed by atoms with Crippen LogP contribution in [0.5, 0.6) is 5.75 Å². The molecule has 0 saturated carbocycles. The normalized spacial score (nSPS) is 9.94. The van der Waals surface area contributed by atoms with Gasteiger partial charge in [-0.15, -0.1) is 0 Å². The minimum Gasteiger partial charge on any atom is -0.493 e. The zero-order valence-electron chi connectivity index (χ0n) is 9.72. The number of aldehydes is 1. The quantitative estimate of drug-likeness (QED) is 0.745. The Labute approximate surface area is 101 Å². The summed E-state index contributed by atoms with van der Waals surface area (Å²) in [6.45, 7) is 2.59. The van der Waals surface area contributed by atoms with Crippen molar-refractivity contribution in [2.45, 2.75) is 6.92 Å². The molecular weight excluding hydrogens is 212 g/mol. The monoisotopic (exact) mass is 226 g/mol. The van der Waals surface area contributed by atoms with Crippen molar-refractivity contribution in [3.8, 4) is 16.9 Å². The van der Waals surface area contributed by atoms with Gasteiger partial charge in [0, 0.05) is 11.1 Å². The second-order valence-corrected chi connectivity index (χ2v) is 3.67. The van der Waals surface area contributed by atoms with Crippen molar-refractivity contribution in [1.29, 1.82) is 0 Å². The molecule has 0 N–H and O–H groups in total. The van der Waals surface area contributed by atoms with Crippen LogP contribution in [0.25, 0.3) is 11.1 Å². The van der Waals surface area contributed by atoms with Crippen molar-refractivity contribution in [3.05, 3.63) is 54.1 Å². The molecule has 0 aromatic heterocycles. The second-order valence-electron chi connectivity index (χ2n) is 3.67. The summed E-state index contributed by atoms with van der Waals surface area (Å²) in [5.41, 5.74) is 2.69. The lowest BCUT2D eigenvalue weighted by molar-refractivity contribution is 0.112. The van der Waals surface area contributed by atoms with Crippen molar-refractivity contribution in [2.24, 2.45) is 0 Å². The summed E-state index contributed by atoms with van der Waals surface area (Å²) < 4.78 is 5.58. The predicted octanol–water partition coefficient (Wildman–Crippen LogP) is 3.56. The fraction of sp³-hybridized carbons (Fsp3) is 0.133. The number of para-hydroxylation sites is 1. The highest BCUT2D eigenvalue weighted by Gasteiger charge is 2.05. The lowest BCUT2D eigenvalue weighted by atomic mass is 10.0. The second kappa shape index (κ2) is 5.30. The van der Waals surface area contributed by atoms with Gasteiger partial charge in [0.15, 0.2) is 0 Å². The Morgan fingerprint density at radius 2 is 1.94 bits per heavy atom. The third-order valence-electron chi connectivity index (χ3n) is 2.52. The standard InChI is InChI=1S/C15H14O2/c1-2-17-15-9-4-3-8-14(15)13-7-5-6-12(10-13)11-16/h3-11H,2H2,1H3. The first-order valence-corrected chi connectivity index (χ1v) is 5.62. The number of ether oxygens (including phenoxy) is 1. The van der Waals surface area contributed by atoms with E-state index in [9.17, 15) is 4.79 Å². The van der Waals surface area contributed by atoms with Gasteiger partial charge in [0.2, 0.25) is 0 Å². The SMILES string of the molecule is CCOc1ccccc1-c1cccc(C=O)c1. The molecule has 0 fully saturated rings. The van der Waals surface area contributed by atoms with Crippen molar-refractivity contribution < 1.29 is 9.53 Å². The molecule has 17 heavy (non-hydrogen) atoms. The fourth-order valence-corrected chi connectivity index (χ4v) is 1.77. The zero-order valence-corrected chi connectivity index (χ0v) is 9.72. The Bertz CT molecular complexity index is 518. The van der Waals surface area contributed by atoms with Crippen LogP contribution in [0, 0.1) is 0 Å². The van der Waals surface area contributed by atoms with Crippen LogP contribution in [0.2, 0.25) is 0 Å². The maximum atomic E-state index is 10.8. The highest BCUT2D eigenvalue weighted by Crippen LogP contribution is 2.29. The average molecular weight is 226 g/mol. The molecule has 0 radical (unpaired) electrons. The summed E-state index contributed by atoms with van der Waals surface area (Å²) >= 11 is 0. The molecule has 0 amide bonds. The fourth-order valence-electron chi connectivity index (χ4n) is 1.77. The van der Waals surface area contributed by atoms with Crippen molar-refractivity contribution >= 4 is 6.29 Å². The molecule has 2 aromatic rings. The van der Waals surface area contributed by atoms with E-state index in [2.05, 4.69) is 0 Å². The van der Waals surface area contributed by atoms with Gasteiger partial charge in [-0.3, -0.25) is 4.79 Å². The molecule has 0 aliphatic carbocycles. The van der Waals surface area contributed by atoms with Gasteiger partial charge in [-0.25, -0.2) is 0 Å². The molecule has 0 saturated heterocycles. The molecule has 0 unspecified atom stereocenters. The van der Waals surface area contributed by atoms with Crippen molar-refractivity contribution in [1.82, 2.24) is 0 Å². The molecule has 2 aromatic carbocycles. The van der Waals surface area contributed by atoms with Crippen LogP contribution >= 0.6 is 0 Å². The lowest BCUT2D eigenvalue weighted by Crippen LogP contribution is -1.94. The topological polar surface area (TPSA) is 26.3 Å². The highest BCUT2D eigenvalue weighted by atomic mass is 16.5. The summed E-state index contributed by atoms with van der Waals surface area (Å²) in [6.07, 6.45) is 0.854. The van der Waals surface area contributed by atoms with E-state index in [-0.39, 0.29) is 0 Å². The summed E-state index contributed by atoms with van der Waals surface area (Å²) in [7, 11) is 0. The van der Waals surface area contributed by atoms with E-state index in [0.717, 1.165) is 23.2 Å². The smallest absolute Gasteiger partial charge is 0.150 e. The maximum absolute atomic E-state index is 10.8. The van der Waals surface area contributed by atoms with Crippen LogP contribution in [0.1, 0.15) is 17.3 Å². The summed E-state index contributed by atoms with van der Waals surface area (Å²) in [4.78, 5) is 10.8. The number of hydrogen-bond donors (Lipinski definition) is 0. The minimum atomic E-state index is 0.629. The molecular formula is C15H14O2. The zero-order chi connectivity index (χ0) is 12.1. The molecule has 2 heteroatoms. The molecule has 86 valence electrons. The van der Waals surface area contributed by atoms with Crippen molar-refractivity contribution in [2.75, 3.05) is 6.61 Å². The number of carbonyl (C=O) groups is 1. The Kier molecular flexibility index (Phi) is 3.55. The number of rotatable bonds is 4. The summed E-state index contributed by atoms with van der Waals surface area (Å²) in [6, 6.07) is 15.3. The largest absolute Gasteiger partial charge is 0.493 e. The Morgan fingerprint density at radius 3 is 2.71 bits per heavy atom. The van der Waals surface area contributed by atoms with Gasteiger partial charge < -0.3 is 4.74 Å². The van der Waals surface area contributed by atoms with E-state index in [0.29, 0.717) is 12.2 Å². The third kappa shape index (κ3) is 2.53. The Balaban J connectivity index is 2.47. The minimum absolute atomic E-state index is 0.629. The average Bonchev–Trinajstić information content (AvgIpc) is 2.40. The van der Waals surface area contributed by atoms with Gasteiger partial charge >= 0.3 is 0 Å².